The van der Waals surface area contributed by atoms with Gasteiger partial charge in [-0.05, 0) is 49.7 Å². The predicted octanol–water partition coefficient (Wildman–Crippen LogP) is 5.12. The smallest absolute Gasteiger partial charge is 0.335 e. The van der Waals surface area contributed by atoms with Gasteiger partial charge in [0.25, 0.3) is 0 Å². The van der Waals surface area contributed by atoms with Crippen LogP contribution < -0.4 is 0 Å². The Morgan fingerprint density at radius 2 is 1.94 bits per heavy atom. The van der Waals surface area contributed by atoms with E-state index in [-0.39, 0.29) is 5.56 Å². The highest BCUT2D eigenvalue weighted by molar-refractivity contribution is 5.98. The average Bonchev–Trinajstić information content (AvgIpc) is 3.33. The summed E-state index contributed by atoms with van der Waals surface area (Å²) in [5.41, 5.74) is 6.28. The van der Waals surface area contributed by atoms with Gasteiger partial charge in [-0.2, -0.15) is 0 Å². The molecule has 4 aromatic heterocycles. The number of hydrogen-bond donors (Lipinski definition) is 1. The topological polar surface area (TPSA) is 94.0 Å². The fourth-order valence-corrected chi connectivity index (χ4v) is 4.04. The van der Waals surface area contributed by atoms with Gasteiger partial charge in [-0.25, -0.2) is 9.78 Å². The van der Waals surface area contributed by atoms with Crippen LogP contribution >= 0.6 is 0 Å². The SMILES string of the molecule is Cc1noc(C)c1-c1cnc2c(c1)c(-c1cccc(C(=O)O)c1)cn2Cc1ccccn1. The molecule has 0 unspecified atom stereocenters. The van der Waals surface area contributed by atoms with Gasteiger partial charge in [-0.1, -0.05) is 23.4 Å². The number of carboxylic acid groups (broad SMARTS) is 1. The molecule has 0 spiro atoms. The number of aromatic carboxylic acids is 1. The van der Waals surface area contributed by atoms with Crippen molar-refractivity contribution in [1.82, 2.24) is 19.7 Å². The molecule has 5 rings (SSSR count). The molecule has 0 aliphatic rings. The third-order valence-electron chi connectivity index (χ3n) is 5.51. The number of aryl methyl sites for hydroxylation is 2. The third kappa shape index (κ3) is 3.43. The number of hydrogen-bond acceptors (Lipinski definition) is 5. The number of aromatic nitrogens is 4. The lowest BCUT2D eigenvalue weighted by Crippen LogP contribution is -2.01. The van der Waals surface area contributed by atoms with E-state index in [2.05, 4.69) is 16.2 Å². The average molecular weight is 424 g/mol. The minimum atomic E-state index is -0.960. The molecule has 0 radical (unpaired) electrons. The fraction of sp³-hybridized carbons (Fsp3) is 0.120. The molecule has 0 aliphatic heterocycles. The van der Waals surface area contributed by atoms with Crippen LogP contribution in [0.25, 0.3) is 33.3 Å². The summed E-state index contributed by atoms with van der Waals surface area (Å²) in [6, 6.07) is 14.8. The highest BCUT2D eigenvalue weighted by Gasteiger charge is 2.18. The van der Waals surface area contributed by atoms with E-state index < -0.39 is 5.97 Å². The van der Waals surface area contributed by atoms with Crippen LogP contribution in [0.1, 0.15) is 27.5 Å². The minimum Gasteiger partial charge on any atom is -0.478 e. The first-order valence-corrected chi connectivity index (χ1v) is 10.2. The monoisotopic (exact) mass is 424 g/mol. The maximum absolute atomic E-state index is 11.5. The summed E-state index contributed by atoms with van der Waals surface area (Å²) >= 11 is 0. The number of carboxylic acids is 1. The Bertz CT molecular complexity index is 1430. The fourth-order valence-electron chi connectivity index (χ4n) is 4.04. The van der Waals surface area contributed by atoms with Crippen molar-refractivity contribution in [2.75, 3.05) is 0 Å². The Hall–Kier alpha value is -4.26. The largest absolute Gasteiger partial charge is 0.478 e. The van der Waals surface area contributed by atoms with E-state index in [0.717, 1.165) is 50.4 Å². The predicted molar refractivity (Wildman–Crippen MR) is 120 cm³/mol. The van der Waals surface area contributed by atoms with E-state index in [9.17, 15) is 9.90 Å². The van der Waals surface area contributed by atoms with Crippen LogP contribution in [0.3, 0.4) is 0 Å². The number of rotatable bonds is 5. The molecule has 1 aromatic carbocycles. The second-order valence-electron chi connectivity index (χ2n) is 7.67. The van der Waals surface area contributed by atoms with Crippen molar-refractivity contribution in [3.05, 3.63) is 89.8 Å². The van der Waals surface area contributed by atoms with Crippen LogP contribution in [0.5, 0.6) is 0 Å². The number of nitrogens with zero attached hydrogens (tertiary/aromatic N) is 4. The van der Waals surface area contributed by atoms with Gasteiger partial charge >= 0.3 is 5.97 Å². The molecule has 0 fully saturated rings. The Balaban J connectivity index is 1.72. The third-order valence-corrected chi connectivity index (χ3v) is 5.51. The normalized spacial score (nSPS) is 11.2. The summed E-state index contributed by atoms with van der Waals surface area (Å²) < 4.78 is 7.39. The summed E-state index contributed by atoms with van der Waals surface area (Å²) in [5.74, 6) is -0.232. The lowest BCUT2D eigenvalue weighted by molar-refractivity contribution is 0.0697. The quantitative estimate of drug-likeness (QED) is 0.421. The van der Waals surface area contributed by atoms with Crippen molar-refractivity contribution >= 4 is 17.0 Å². The molecule has 5 aromatic rings. The van der Waals surface area contributed by atoms with Crippen molar-refractivity contribution in [2.45, 2.75) is 20.4 Å². The molecule has 0 atom stereocenters. The van der Waals surface area contributed by atoms with Crippen molar-refractivity contribution in [3.8, 4) is 22.3 Å². The Labute approximate surface area is 184 Å². The molecular formula is C25H20N4O3. The van der Waals surface area contributed by atoms with Gasteiger partial charge in [0.15, 0.2) is 0 Å². The molecule has 7 heteroatoms. The van der Waals surface area contributed by atoms with E-state index in [1.165, 1.54) is 0 Å². The van der Waals surface area contributed by atoms with Crippen LogP contribution in [-0.2, 0) is 6.54 Å². The van der Waals surface area contributed by atoms with Crippen molar-refractivity contribution < 1.29 is 14.4 Å². The van der Waals surface area contributed by atoms with Gasteiger partial charge in [-0.15, -0.1) is 0 Å². The highest BCUT2D eigenvalue weighted by Crippen LogP contribution is 2.35. The van der Waals surface area contributed by atoms with Crippen LogP contribution in [0.2, 0.25) is 0 Å². The molecule has 32 heavy (non-hydrogen) atoms. The highest BCUT2D eigenvalue weighted by atomic mass is 16.5. The lowest BCUT2D eigenvalue weighted by atomic mass is 10.0. The molecule has 7 nitrogen and oxygen atoms in total. The Morgan fingerprint density at radius 3 is 2.66 bits per heavy atom. The van der Waals surface area contributed by atoms with Gasteiger partial charge in [-0.3, -0.25) is 4.98 Å². The Morgan fingerprint density at radius 1 is 1.06 bits per heavy atom. The van der Waals surface area contributed by atoms with E-state index >= 15 is 0 Å². The van der Waals surface area contributed by atoms with E-state index in [1.807, 2.05) is 55.1 Å². The second kappa shape index (κ2) is 7.77. The van der Waals surface area contributed by atoms with Crippen molar-refractivity contribution in [3.63, 3.8) is 0 Å². The number of fused-ring (bicyclic) bond motifs is 1. The standard InChI is InChI=1S/C25H20N4O3/c1-15-23(16(2)32-28-15)19-11-21-22(17-6-5-7-18(10-17)25(30)31)14-29(24(21)27-12-19)13-20-8-3-4-9-26-20/h3-12,14H,13H2,1-2H3,(H,30,31). The summed E-state index contributed by atoms with van der Waals surface area (Å²) in [6.07, 6.45) is 5.59. The first kappa shape index (κ1) is 19.7. The minimum absolute atomic E-state index is 0.239. The maximum atomic E-state index is 11.5. The first-order chi connectivity index (χ1) is 15.5. The van der Waals surface area contributed by atoms with E-state index in [0.29, 0.717) is 6.54 Å². The summed E-state index contributed by atoms with van der Waals surface area (Å²) in [5, 5.41) is 14.4. The molecule has 4 heterocycles. The van der Waals surface area contributed by atoms with Crippen molar-refractivity contribution in [1.29, 1.82) is 0 Å². The molecule has 158 valence electrons. The van der Waals surface area contributed by atoms with Crippen molar-refractivity contribution in [2.24, 2.45) is 0 Å². The van der Waals surface area contributed by atoms with Gasteiger partial charge in [0.1, 0.15) is 11.4 Å². The molecule has 0 amide bonds. The maximum Gasteiger partial charge on any atom is 0.335 e. The Kier molecular flexibility index (Phi) is 4.78. The van der Waals surface area contributed by atoms with E-state index in [1.54, 1.807) is 24.4 Å². The van der Waals surface area contributed by atoms with Gasteiger partial charge in [0.2, 0.25) is 0 Å². The van der Waals surface area contributed by atoms with Crippen LogP contribution in [0.15, 0.2) is 71.6 Å². The molecule has 1 N–H and O–H groups in total. The summed E-state index contributed by atoms with van der Waals surface area (Å²) in [4.78, 5) is 20.7. The zero-order valence-electron chi connectivity index (χ0n) is 17.6. The number of benzene rings is 1. The van der Waals surface area contributed by atoms with Gasteiger partial charge < -0.3 is 14.2 Å². The zero-order valence-corrected chi connectivity index (χ0v) is 17.6. The zero-order chi connectivity index (χ0) is 22.2. The molecule has 0 bridgehead atoms. The first-order valence-electron chi connectivity index (χ1n) is 10.2. The lowest BCUT2D eigenvalue weighted by Gasteiger charge is -2.05. The van der Waals surface area contributed by atoms with Gasteiger partial charge in [0.05, 0.1) is 23.5 Å². The van der Waals surface area contributed by atoms with Crippen LogP contribution in [0.4, 0.5) is 0 Å². The number of carbonyl (C=O) groups is 1. The molecule has 0 saturated carbocycles. The van der Waals surface area contributed by atoms with Crippen LogP contribution in [-0.4, -0.2) is 30.8 Å². The molecule has 0 saturated heterocycles. The van der Waals surface area contributed by atoms with E-state index in [4.69, 9.17) is 9.51 Å². The second-order valence-corrected chi connectivity index (χ2v) is 7.67. The summed E-state index contributed by atoms with van der Waals surface area (Å²) in [6.45, 7) is 4.33. The summed E-state index contributed by atoms with van der Waals surface area (Å²) in [7, 11) is 0. The van der Waals surface area contributed by atoms with Gasteiger partial charge in [0, 0.05) is 40.7 Å². The number of pyridine rings is 2. The van der Waals surface area contributed by atoms with Crippen LogP contribution in [0, 0.1) is 13.8 Å². The molecular weight excluding hydrogens is 404 g/mol. The molecule has 0 aliphatic carbocycles.